The minimum absolute atomic E-state index is 0.233. The molecule has 170 valence electrons. The van der Waals surface area contributed by atoms with Gasteiger partial charge in [-0.2, -0.15) is 4.31 Å². The predicted molar refractivity (Wildman–Crippen MR) is 123 cm³/mol. The second kappa shape index (κ2) is 10.0. The van der Waals surface area contributed by atoms with Crippen LogP contribution in [0.15, 0.2) is 54.6 Å². The number of piperazine rings is 1. The van der Waals surface area contributed by atoms with Crippen LogP contribution >= 0.6 is 0 Å². The van der Waals surface area contributed by atoms with E-state index < -0.39 is 27.3 Å². The molecule has 1 unspecified atom stereocenters. The summed E-state index contributed by atoms with van der Waals surface area (Å²) in [7, 11) is -3.93. The van der Waals surface area contributed by atoms with Gasteiger partial charge in [0, 0.05) is 37.4 Å². The smallest absolute Gasteiger partial charge is 0.337 e. The van der Waals surface area contributed by atoms with Crippen molar-refractivity contribution >= 4 is 21.7 Å². The minimum Gasteiger partial charge on any atom is -0.494 e. The van der Waals surface area contributed by atoms with Gasteiger partial charge in [-0.25, -0.2) is 13.2 Å². The Kier molecular flexibility index (Phi) is 7.40. The summed E-state index contributed by atoms with van der Waals surface area (Å²) >= 11 is 0. The lowest BCUT2D eigenvalue weighted by Crippen LogP contribution is -2.57. The first-order valence-electron chi connectivity index (χ1n) is 10.3. The van der Waals surface area contributed by atoms with Crippen molar-refractivity contribution < 1.29 is 23.1 Å². The van der Waals surface area contributed by atoms with Gasteiger partial charge in [-0.05, 0) is 43.3 Å². The van der Waals surface area contributed by atoms with E-state index in [-0.39, 0.29) is 13.1 Å². The van der Waals surface area contributed by atoms with E-state index >= 15 is 0 Å². The Morgan fingerprint density at radius 1 is 1.09 bits per heavy atom. The summed E-state index contributed by atoms with van der Waals surface area (Å²) in [6.45, 7) is 3.93. The molecule has 0 amide bonds. The Hall–Kier alpha value is -3.06. The first-order chi connectivity index (χ1) is 15.2. The van der Waals surface area contributed by atoms with E-state index in [1.54, 1.807) is 30.3 Å². The summed E-state index contributed by atoms with van der Waals surface area (Å²) in [5, 5.41) is 9.59. The molecule has 0 radical (unpaired) electrons. The maximum atomic E-state index is 13.0. The average molecular weight is 458 g/mol. The highest BCUT2D eigenvalue weighted by molar-refractivity contribution is 7.89. The third-order valence-electron chi connectivity index (χ3n) is 5.14. The molecule has 1 aliphatic heterocycles. The van der Waals surface area contributed by atoms with Gasteiger partial charge in [0.15, 0.2) is 5.54 Å². The van der Waals surface area contributed by atoms with E-state index in [4.69, 9.17) is 10.5 Å². The number of hydrogen-bond donors (Lipinski definition) is 2. The number of carboxylic acid groups (broad SMARTS) is 1. The van der Waals surface area contributed by atoms with Gasteiger partial charge in [-0.1, -0.05) is 30.0 Å². The minimum atomic E-state index is -3.93. The number of anilines is 1. The van der Waals surface area contributed by atoms with Crippen LogP contribution in [-0.2, 0) is 14.8 Å². The molecule has 1 fully saturated rings. The molecule has 0 spiro atoms. The number of carbonyl (C=O) groups is 1. The van der Waals surface area contributed by atoms with Crippen molar-refractivity contribution in [1.82, 2.24) is 4.31 Å². The van der Waals surface area contributed by atoms with E-state index in [1.165, 1.54) is 4.31 Å². The maximum absolute atomic E-state index is 13.0. The molecule has 1 atom stereocenters. The van der Waals surface area contributed by atoms with Gasteiger partial charge < -0.3 is 20.5 Å². The fraction of sp³-hybridized carbons (Fsp3) is 0.348. The molecule has 2 aromatic carbocycles. The van der Waals surface area contributed by atoms with Crippen LogP contribution in [0.3, 0.4) is 0 Å². The van der Waals surface area contributed by atoms with Crippen molar-refractivity contribution in [3.63, 3.8) is 0 Å². The molecule has 9 heteroatoms. The SMILES string of the molecule is CCOc1ccc(N2CCN(S(=O)(=O)CC(N)(C#Cc3ccccc3)C(=O)O)CC2)cc1. The van der Waals surface area contributed by atoms with Crippen LogP contribution in [0, 0.1) is 11.8 Å². The van der Waals surface area contributed by atoms with Gasteiger partial charge in [0.1, 0.15) is 11.5 Å². The molecule has 1 heterocycles. The van der Waals surface area contributed by atoms with E-state index in [9.17, 15) is 18.3 Å². The summed E-state index contributed by atoms with van der Waals surface area (Å²) in [4.78, 5) is 13.9. The Morgan fingerprint density at radius 3 is 2.28 bits per heavy atom. The summed E-state index contributed by atoms with van der Waals surface area (Å²) < 4.78 is 32.6. The molecule has 8 nitrogen and oxygen atoms in total. The molecule has 1 saturated heterocycles. The van der Waals surface area contributed by atoms with Crippen LogP contribution in [0.4, 0.5) is 5.69 Å². The average Bonchev–Trinajstić information content (AvgIpc) is 2.79. The molecule has 0 aliphatic carbocycles. The van der Waals surface area contributed by atoms with Gasteiger partial charge in [0.2, 0.25) is 10.0 Å². The normalized spacial score (nSPS) is 16.5. The number of aliphatic carboxylic acids is 1. The first-order valence-corrected chi connectivity index (χ1v) is 11.9. The number of ether oxygens (including phenoxy) is 1. The molecule has 3 N–H and O–H groups in total. The Balaban J connectivity index is 1.67. The Bertz CT molecular complexity index is 1090. The highest BCUT2D eigenvalue weighted by Crippen LogP contribution is 2.22. The maximum Gasteiger partial charge on any atom is 0.337 e. The van der Waals surface area contributed by atoms with E-state index in [1.807, 2.05) is 31.2 Å². The number of nitrogens with two attached hydrogens (primary N) is 1. The predicted octanol–water partition coefficient (Wildman–Crippen LogP) is 1.37. The number of benzene rings is 2. The number of rotatable bonds is 7. The highest BCUT2D eigenvalue weighted by Gasteiger charge is 2.40. The molecular formula is C23H27N3O5S. The van der Waals surface area contributed by atoms with Crippen molar-refractivity contribution in [1.29, 1.82) is 0 Å². The van der Waals surface area contributed by atoms with Crippen LogP contribution in [0.25, 0.3) is 0 Å². The van der Waals surface area contributed by atoms with Crippen LogP contribution in [0.2, 0.25) is 0 Å². The monoisotopic (exact) mass is 457 g/mol. The van der Waals surface area contributed by atoms with Gasteiger partial charge in [0.25, 0.3) is 0 Å². The topological polar surface area (TPSA) is 113 Å². The lowest BCUT2D eigenvalue weighted by molar-refractivity contribution is -0.140. The van der Waals surface area contributed by atoms with Crippen molar-refractivity contribution in [2.24, 2.45) is 5.73 Å². The van der Waals surface area contributed by atoms with Crippen molar-refractivity contribution in [3.8, 4) is 17.6 Å². The summed E-state index contributed by atoms with van der Waals surface area (Å²) in [5.41, 5.74) is 5.26. The van der Waals surface area contributed by atoms with E-state index in [2.05, 4.69) is 16.7 Å². The van der Waals surface area contributed by atoms with Crippen molar-refractivity contribution in [2.75, 3.05) is 43.4 Å². The zero-order chi connectivity index (χ0) is 23.2. The standard InChI is InChI=1S/C23H27N3O5S/c1-2-31-21-10-8-20(9-11-21)25-14-16-26(17-15-25)32(29,30)18-23(24,22(27)28)13-12-19-6-4-3-5-7-19/h3-11H,2,14-18,24H2,1H3,(H,27,28). The van der Waals surface area contributed by atoms with Crippen molar-refractivity contribution in [3.05, 3.63) is 60.2 Å². The van der Waals surface area contributed by atoms with Crippen LogP contribution in [-0.4, -0.2) is 67.9 Å². The van der Waals surface area contributed by atoms with Gasteiger partial charge in [-0.15, -0.1) is 0 Å². The number of carboxylic acids is 1. The fourth-order valence-corrected chi connectivity index (χ4v) is 5.05. The van der Waals surface area contributed by atoms with E-state index in [0.29, 0.717) is 25.3 Å². The van der Waals surface area contributed by atoms with Gasteiger partial charge in [-0.3, -0.25) is 0 Å². The van der Waals surface area contributed by atoms with Gasteiger partial charge in [0.05, 0.1) is 6.61 Å². The highest BCUT2D eigenvalue weighted by atomic mass is 32.2. The summed E-state index contributed by atoms with van der Waals surface area (Å²) in [6, 6.07) is 16.3. The van der Waals surface area contributed by atoms with E-state index in [0.717, 1.165) is 11.4 Å². The second-order valence-electron chi connectivity index (χ2n) is 7.46. The Labute approximate surface area is 188 Å². The van der Waals surface area contributed by atoms with Crippen LogP contribution in [0.1, 0.15) is 12.5 Å². The summed E-state index contributed by atoms with van der Waals surface area (Å²) in [5.74, 6) is 3.65. The largest absolute Gasteiger partial charge is 0.494 e. The number of sulfonamides is 1. The fourth-order valence-electron chi connectivity index (χ4n) is 3.38. The van der Waals surface area contributed by atoms with Crippen molar-refractivity contribution in [2.45, 2.75) is 12.5 Å². The second-order valence-corrected chi connectivity index (χ2v) is 9.43. The number of hydrogen-bond acceptors (Lipinski definition) is 6. The zero-order valence-corrected chi connectivity index (χ0v) is 18.7. The van der Waals surface area contributed by atoms with Crippen LogP contribution < -0.4 is 15.4 Å². The molecule has 0 aromatic heterocycles. The van der Waals surface area contributed by atoms with Gasteiger partial charge >= 0.3 is 5.97 Å². The molecule has 2 aromatic rings. The lowest BCUT2D eigenvalue weighted by atomic mass is 10.0. The lowest BCUT2D eigenvalue weighted by Gasteiger charge is -2.36. The third-order valence-corrected chi connectivity index (χ3v) is 7.11. The number of nitrogens with zero attached hydrogens (tertiary/aromatic N) is 2. The third kappa shape index (κ3) is 5.79. The summed E-state index contributed by atoms with van der Waals surface area (Å²) in [6.07, 6.45) is 0. The first kappa shape index (κ1) is 23.6. The molecule has 3 rings (SSSR count). The molecule has 1 aliphatic rings. The molecular weight excluding hydrogens is 430 g/mol. The quantitative estimate of drug-likeness (QED) is 0.604. The molecule has 0 bridgehead atoms. The van der Waals surface area contributed by atoms with Crippen LogP contribution in [0.5, 0.6) is 5.75 Å². The molecule has 0 saturated carbocycles. The molecule has 32 heavy (non-hydrogen) atoms. The Morgan fingerprint density at radius 2 is 1.72 bits per heavy atom. The zero-order valence-electron chi connectivity index (χ0n) is 17.9.